The number of rotatable bonds is 7. The Morgan fingerprint density at radius 1 is 1.19 bits per heavy atom. The van der Waals surface area contributed by atoms with E-state index in [0.717, 1.165) is 17.3 Å². The molecule has 0 spiro atoms. The molecule has 2 aromatic rings. The van der Waals surface area contributed by atoms with Gasteiger partial charge in [0.25, 0.3) is 0 Å². The standard InChI is InChI=1S/C18H26N2O/c1-5-6-7-16-8-10-17(11-9-16)14(3)19-12-18-20-13(2)15(4)21-18/h8-11,14,19H,5-7,12H2,1-4H3. The van der Waals surface area contributed by atoms with Crippen molar-refractivity contribution in [2.75, 3.05) is 0 Å². The highest BCUT2D eigenvalue weighted by atomic mass is 16.4. The van der Waals surface area contributed by atoms with Gasteiger partial charge < -0.3 is 9.73 Å². The number of unbranched alkanes of at least 4 members (excludes halogenated alkanes) is 1. The molecule has 0 saturated carbocycles. The molecule has 1 aromatic heterocycles. The predicted octanol–water partition coefficient (Wildman–Crippen LogP) is 4.48. The second kappa shape index (κ2) is 7.41. The summed E-state index contributed by atoms with van der Waals surface area (Å²) in [6, 6.07) is 9.20. The molecule has 0 saturated heterocycles. The molecule has 0 fully saturated rings. The van der Waals surface area contributed by atoms with E-state index in [9.17, 15) is 0 Å². The number of nitrogens with zero attached hydrogens (tertiary/aromatic N) is 1. The average molecular weight is 286 g/mol. The van der Waals surface area contributed by atoms with Crippen molar-refractivity contribution in [3.05, 3.63) is 52.7 Å². The lowest BCUT2D eigenvalue weighted by Gasteiger charge is -2.13. The van der Waals surface area contributed by atoms with Crippen molar-refractivity contribution in [3.63, 3.8) is 0 Å². The van der Waals surface area contributed by atoms with E-state index in [-0.39, 0.29) is 6.04 Å². The van der Waals surface area contributed by atoms with Crippen LogP contribution in [0.25, 0.3) is 0 Å². The molecule has 0 aliphatic rings. The van der Waals surface area contributed by atoms with Crippen molar-refractivity contribution in [3.8, 4) is 0 Å². The first-order valence-corrected chi connectivity index (χ1v) is 7.85. The fraction of sp³-hybridized carbons (Fsp3) is 0.500. The normalized spacial score (nSPS) is 12.6. The summed E-state index contributed by atoms with van der Waals surface area (Å²) >= 11 is 0. The minimum Gasteiger partial charge on any atom is -0.444 e. The third-order valence-electron chi connectivity index (χ3n) is 3.93. The van der Waals surface area contributed by atoms with Gasteiger partial charge in [-0.05, 0) is 44.7 Å². The zero-order chi connectivity index (χ0) is 15.2. The highest BCUT2D eigenvalue weighted by molar-refractivity contribution is 5.24. The van der Waals surface area contributed by atoms with Crippen LogP contribution >= 0.6 is 0 Å². The Morgan fingerprint density at radius 2 is 1.90 bits per heavy atom. The van der Waals surface area contributed by atoms with Crippen LogP contribution in [0.4, 0.5) is 0 Å². The number of hydrogen-bond donors (Lipinski definition) is 1. The number of aryl methyl sites for hydroxylation is 3. The monoisotopic (exact) mass is 286 g/mol. The zero-order valence-corrected chi connectivity index (χ0v) is 13.6. The maximum absolute atomic E-state index is 5.59. The molecule has 0 amide bonds. The van der Waals surface area contributed by atoms with Crippen molar-refractivity contribution in [1.29, 1.82) is 0 Å². The van der Waals surface area contributed by atoms with Gasteiger partial charge in [0, 0.05) is 6.04 Å². The summed E-state index contributed by atoms with van der Waals surface area (Å²) in [5, 5.41) is 3.46. The van der Waals surface area contributed by atoms with Crippen molar-refractivity contribution in [1.82, 2.24) is 10.3 Å². The summed E-state index contributed by atoms with van der Waals surface area (Å²) in [4.78, 5) is 4.39. The molecule has 1 aromatic carbocycles. The summed E-state index contributed by atoms with van der Waals surface area (Å²) in [5.41, 5.74) is 3.70. The van der Waals surface area contributed by atoms with Crippen LogP contribution in [0, 0.1) is 13.8 Å². The fourth-order valence-corrected chi connectivity index (χ4v) is 2.33. The van der Waals surface area contributed by atoms with Gasteiger partial charge in [0.15, 0.2) is 0 Å². The minimum atomic E-state index is 0.290. The van der Waals surface area contributed by atoms with Crippen molar-refractivity contribution in [2.45, 2.75) is 59.5 Å². The van der Waals surface area contributed by atoms with E-state index in [4.69, 9.17) is 4.42 Å². The molecule has 2 rings (SSSR count). The maximum atomic E-state index is 5.59. The van der Waals surface area contributed by atoms with Gasteiger partial charge in [-0.15, -0.1) is 0 Å². The second-order valence-electron chi connectivity index (χ2n) is 5.70. The van der Waals surface area contributed by atoms with Crippen LogP contribution in [0.15, 0.2) is 28.7 Å². The zero-order valence-electron chi connectivity index (χ0n) is 13.6. The van der Waals surface area contributed by atoms with Crippen molar-refractivity contribution < 1.29 is 4.42 Å². The molecule has 1 atom stereocenters. The minimum absolute atomic E-state index is 0.290. The van der Waals surface area contributed by atoms with Crippen molar-refractivity contribution >= 4 is 0 Å². The van der Waals surface area contributed by atoms with E-state index in [1.54, 1.807) is 0 Å². The first-order valence-electron chi connectivity index (χ1n) is 7.85. The highest BCUT2D eigenvalue weighted by Gasteiger charge is 2.09. The molecule has 21 heavy (non-hydrogen) atoms. The first-order chi connectivity index (χ1) is 10.1. The Kier molecular flexibility index (Phi) is 5.57. The van der Waals surface area contributed by atoms with E-state index >= 15 is 0 Å². The number of aromatic nitrogens is 1. The van der Waals surface area contributed by atoms with Crippen LogP contribution in [0.5, 0.6) is 0 Å². The molecule has 3 nitrogen and oxygen atoms in total. The molecule has 0 radical (unpaired) electrons. The topological polar surface area (TPSA) is 38.1 Å². The summed E-state index contributed by atoms with van der Waals surface area (Å²) in [6.07, 6.45) is 3.68. The Balaban J connectivity index is 1.89. The quantitative estimate of drug-likeness (QED) is 0.815. The Morgan fingerprint density at radius 3 is 2.48 bits per heavy atom. The number of oxazole rings is 1. The number of benzene rings is 1. The van der Waals surface area contributed by atoms with Gasteiger partial charge >= 0.3 is 0 Å². The smallest absolute Gasteiger partial charge is 0.208 e. The summed E-state index contributed by atoms with van der Waals surface area (Å²) in [6.45, 7) is 8.98. The molecule has 0 bridgehead atoms. The van der Waals surface area contributed by atoms with Gasteiger partial charge in [-0.2, -0.15) is 0 Å². The predicted molar refractivity (Wildman–Crippen MR) is 86.3 cm³/mol. The molecule has 114 valence electrons. The molecule has 1 unspecified atom stereocenters. The fourth-order valence-electron chi connectivity index (χ4n) is 2.33. The molecule has 1 N–H and O–H groups in total. The lowest BCUT2D eigenvalue weighted by Crippen LogP contribution is -2.18. The number of nitrogens with one attached hydrogen (secondary N) is 1. The van der Waals surface area contributed by atoms with Crippen LogP contribution < -0.4 is 5.32 Å². The Bertz CT molecular complexity index is 538. The SMILES string of the molecule is CCCCc1ccc(C(C)NCc2nc(C)c(C)o2)cc1. The van der Waals surface area contributed by atoms with Gasteiger partial charge in [-0.25, -0.2) is 4.98 Å². The van der Waals surface area contributed by atoms with Gasteiger partial charge in [0.05, 0.1) is 12.2 Å². The Hall–Kier alpha value is -1.61. The van der Waals surface area contributed by atoms with E-state index in [0.29, 0.717) is 6.54 Å². The second-order valence-corrected chi connectivity index (χ2v) is 5.70. The highest BCUT2D eigenvalue weighted by Crippen LogP contribution is 2.16. The van der Waals surface area contributed by atoms with Crippen LogP contribution in [0.1, 0.15) is 61.2 Å². The van der Waals surface area contributed by atoms with Crippen LogP contribution in [0.3, 0.4) is 0 Å². The van der Waals surface area contributed by atoms with Crippen molar-refractivity contribution in [2.24, 2.45) is 0 Å². The molecule has 3 heteroatoms. The summed E-state index contributed by atoms with van der Waals surface area (Å²) in [5.74, 6) is 1.66. The van der Waals surface area contributed by atoms with E-state index in [1.807, 2.05) is 13.8 Å². The van der Waals surface area contributed by atoms with Crippen LogP contribution in [-0.4, -0.2) is 4.98 Å². The van der Waals surface area contributed by atoms with E-state index in [2.05, 4.69) is 48.4 Å². The van der Waals surface area contributed by atoms with E-state index < -0.39 is 0 Å². The molecular weight excluding hydrogens is 260 g/mol. The third-order valence-corrected chi connectivity index (χ3v) is 3.93. The van der Waals surface area contributed by atoms with Crippen LogP contribution in [-0.2, 0) is 13.0 Å². The van der Waals surface area contributed by atoms with Gasteiger partial charge in [0.1, 0.15) is 5.76 Å². The lowest BCUT2D eigenvalue weighted by atomic mass is 10.0. The van der Waals surface area contributed by atoms with E-state index in [1.165, 1.54) is 30.4 Å². The van der Waals surface area contributed by atoms with Gasteiger partial charge in [-0.3, -0.25) is 0 Å². The third kappa shape index (κ3) is 4.43. The maximum Gasteiger partial charge on any atom is 0.208 e. The largest absolute Gasteiger partial charge is 0.444 e. The summed E-state index contributed by atoms with van der Waals surface area (Å²) < 4.78 is 5.59. The average Bonchev–Trinajstić information content (AvgIpc) is 2.82. The molecule has 0 aliphatic carbocycles. The molecular formula is C18H26N2O. The lowest BCUT2D eigenvalue weighted by molar-refractivity contribution is 0.432. The molecule has 1 heterocycles. The Labute approximate surface area is 127 Å². The number of hydrogen-bond acceptors (Lipinski definition) is 3. The van der Waals surface area contributed by atoms with Gasteiger partial charge in [0.2, 0.25) is 5.89 Å². The van der Waals surface area contributed by atoms with Crippen LogP contribution in [0.2, 0.25) is 0 Å². The summed E-state index contributed by atoms with van der Waals surface area (Å²) in [7, 11) is 0. The van der Waals surface area contributed by atoms with Gasteiger partial charge in [-0.1, -0.05) is 37.6 Å². The molecule has 0 aliphatic heterocycles. The first kappa shape index (κ1) is 15.8.